The fraction of sp³-hybridized carbons (Fsp3) is 0.895. The van der Waals surface area contributed by atoms with Gasteiger partial charge in [0.15, 0.2) is 0 Å². The van der Waals surface area contributed by atoms with Crippen molar-refractivity contribution in [2.24, 2.45) is 5.92 Å². The van der Waals surface area contributed by atoms with E-state index in [0.717, 1.165) is 38.0 Å². The van der Waals surface area contributed by atoms with Gasteiger partial charge in [-0.05, 0) is 25.7 Å². The lowest BCUT2D eigenvalue weighted by Gasteiger charge is -2.26. The molecule has 26 heavy (non-hydrogen) atoms. The molecule has 1 saturated heterocycles. The van der Waals surface area contributed by atoms with E-state index in [-0.39, 0.29) is 36.2 Å². The van der Waals surface area contributed by atoms with Crippen molar-refractivity contribution in [2.75, 3.05) is 24.7 Å². The normalized spacial score (nSPS) is 24.9. The van der Waals surface area contributed by atoms with E-state index in [1.807, 2.05) is 4.90 Å². The van der Waals surface area contributed by atoms with Crippen LogP contribution in [-0.4, -0.2) is 53.5 Å². The molecule has 2 N–H and O–H groups in total. The zero-order valence-electron chi connectivity index (χ0n) is 15.7. The van der Waals surface area contributed by atoms with Gasteiger partial charge in [-0.15, -0.1) is 24.2 Å². The SMILES string of the molecule is Cl.O=C(NCCNC1CCCCCC1)C1CSCN1C(=O)C1CCCC1. The minimum Gasteiger partial charge on any atom is -0.353 e. The molecule has 0 radical (unpaired) electrons. The Morgan fingerprint density at radius 1 is 0.923 bits per heavy atom. The third-order valence-corrected chi connectivity index (χ3v) is 6.90. The van der Waals surface area contributed by atoms with Gasteiger partial charge in [-0.1, -0.05) is 38.5 Å². The van der Waals surface area contributed by atoms with Crippen LogP contribution in [0, 0.1) is 5.92 Å². The van der Waals surface area contributed by atoms with Crippen LogP contribution >= 0.6 is 24.2 Å². The first-order valence-corrected chi connectivity index (χ1v) is 11.3. The van der Waals surface area contributed by atoms with E-state index in [0.29, 0.717) is 18.5 Å². The molecule has 7 heteroatoms. The molecule has 0 aromatic heterocycles. The Balaban J connectivity index is 0.00000243. The van der Waals surface area contributed by atoms with Crippen molar-refractivity contribution < 1.29 is 9.59 Å². The molecule has 0 bridgehead atoms. The highest BCUT2D eigenvalue weighted by Gasteiger charge is 2.38. The van der Waals surface area contributed by atoms with E-state index in [1.54, 1.807) is 11.8 Å². The number of hydrogen-bond donors (Lipinski definition) is 2. The number of hydrogen-bond acceptors (Lipinski definition) is 4. The van der Waals surface area contributed by atoms with Crippen LogP contribution in [0.5, 0.6) is 0 Å². The van der Waals surface area contributed by atoms with E-state index in [2.05, 4.69) is 10.6 Å². The molecule has 0 aromatic rings. The van der Waals surface area contributed by atoms with Gasteiger partial charge in [0, 0.05) is 30.8 Å². The lowest BCUT2D eigenvalue weighted by Crippen LogP contribution is -2.50. The highest BCUT2D eigenvalue weighted by atomic mass is 35.5. The van der Waals surface area contributed by atoms with Crippen molar-refractivity contribution in [1.29, 1.82) is 0 Å². The van der Waals surface area contributed by atoms with E-state index < -0.39 is 0 Å². The van der Waals surface area contributed by atoms with E-state index in [9.17, 15) is 9.59 Å². The highest BCUT2D eigenvalue weighted by Crippen LogP contribution is 2.30. The lowest BCUT2D eigenvalue weighted by molar-refractivity contribution is -0.141. The quantitative estimate of drug-likeness (QED) is 0.528. The first-order valence-electron chi connectivity index (χ1n) is 10.1. The molecule has 3 fully saturated rings. The molecule has 2 aliphatic carbocycles. The Morgan fingerprint density at radius 2 is 1.58 bits per heavy atom. The number of carbonyl (C=O) groups is 2. The Kier molecular flexibility index (Phi) is 9.57. The summed E-state index contributed by atoms with van der Waals surface area (Å²) in [5.74, 6) is 1.80. The number of carbonyl (C=O) groups excluding carboxylic acids is 2. The van der Waals surface area contributed by atoms with Crippen molar-refractivity contribution in [3.8, 4) is 0 Å². The molecule has 3 aliphatic rings. The summed E-state index contributed by atoms with van der Waals surface area (Å²) in [7, 11) is 0. The van der Waals surface area contributed by atoms with E-state index in [4.69, 9.17) is 0 Å². The molecule has 1 aliphatic heterocycles. The zero-order chi connectivity index (χ0) is 17.5. The summed E-state index contributed by atoms with van der Waals surface area (Å²) in [5.41, 5.74) is 0. The van der Waals surface area contributed by atoms with Crippen LogP contribution in [0.2, 0.25) is 0 Å². The van der Waals surface area contributed by atoms with Crippen LogP contribution in [0.15, 0.2) is 0 Å². The Morgan fingerprint density at radius 3 is 2.27 bits per heavy atom. The van der Waals surface area contributed by atoms with Crippen LogP contribution in [0.3, 0.4) is 0 Å². The summed E-state index contributed by atoms with van der Waals surface area (Å²) in [6, 6.07) is 0.345. The maximum atomic E-state index is 12.7. The monoisotopic (exact) mass is 403 g/mol. The van der Waals surface area contributed by atoms with Gasteiger partial charge in [0.25, 0.3) is 0 Å². The summed E-state index contributed by atoms with van der Waals surface area (Å²) in [6.45, 7) is 1.48. The molecule has 2 saturated carbocycles. The van der Waals surface area contributed by atoms with Crippen LogP contribution in [0.1, 0.15) is 64.2 Å². The molecule has 0 aromatic carbocycles. The lowest BCUT2D eigenvalue weighted by atomic mass is 10.1. The number of thioether (sulfide) groups is 1. The van der Waals surface area contributed by atoms with Crippen molar-refractivity contribution in [2.45, 2.75) is 76.3 Å². The first kappa shape index (κ1) is 21.8. The standard InChI is InChI=1S/C19H33N3O2S.ClH/c23-18(21-12-11-20-16-9-3-1-2-4-10-16)17-13-25-14-22(17)19(24)15-7-5-6-8-15;/h15-17,20H,1-14H2,(H,21,23);1H. The molecule has 5 nitrogen and oxygen atoms in total. The Hall–Kier alpha value is -0.460. The number of rotatable bonds is 6. The largest absolute Gasteiger partial charge is 0.353 e. The van der Waals surface area contributed by atoms with Gasteiger partial charge in [-0.25, -0.2) is 0 Å². The summed E-state index contributed by atoms with van der Waals surface area (Å²) < 4.78 is 0. The molecule has 1 heterocycles. The third kappa shape index (κ3) is 6.03. The fourth-order valence-electron chi connectivity index (χ4n) is 4.35. The average Bonchev–Trinajstić information content (AvgIpc) is 3.26. The Labute approximate surface area is 168 Å². The molecule has 1 atom stereocenters. The van der Waals surface area contributed by atoms with Gasteiger partial charge in [0.05, 0.1) is 5.88 Å². The van der Waals surface area contributed by atoms with Gasteiger partial charge in [0.2, 0.25) is 11.8 Å². The zero-order valence-corrected chi connectivity index (χ0v) is 17.3. The van der Waals surface area contributed by atoms with Crippen molar-refractivity contribution >= 4 is 36.0 Å². The summed E-state index contributed by atoms with van der Waals surface area (Å²) in [6.07, 6.45) is 12.2. The minimum absolute atomic E-state index is 0. The third-order valence-electron chi connectivity index (χ3n) is 5.88. The van der Waals surface area contributed by atoms with Crippen LogP contribution in [0.25, 0.3) is 0 Å². The van der Waals surface area contributed by atoms with Gasteiger partial charge >= 0.3 is 0 Å². The second kappa shape index (κ2) is 11.4. The fourth-order valence-corrected chi connectivity index (χ4v) is 5.51. The molecule has 150 valence electrons. The van der Waals surface area contributed by atoms with Crippen molar-refractivity contribution in [1.82, 2.24) is 15.5 Å². The maximum absolute atomic E-state index is 12.7. The Bertz CT molecular complexity index is 452. The first-order chi connectivity index (χ1) is 12.3. The highest BCUT2D eigenvalue weighted by molar-refractivity contribution is 7.99. The summed E-state index contributed by atoms with van der Waals surface area (Å²) in [5, 5.41) is 6.63. The van der Waals surface area contributed by atoms with Crippen LogP contribution in [-0.2, 0) is 9.59 Å². The number of nitrogens with one attached hydrogen (secondary N) is 2. The summed E-state index contributed by atoms with van der Waals surface area (Å²) >= 11 is 1.70. The topological polar surface area (TPSA) is 61.4 Å². The molecule has 1 unspecified atom stereocenters. The predicted molar refractivity (Wildman–Crippen MR) is 110 cm³/mol. The molecule has 0 spiro atoms. The number of nitrogens with zero attached hydrogens (tertiary/aromatic N) is 1. The second-order valence-corrected chi connectivity index (χ2v) is 8.74. The minimum atomic E-state index is -0.268. The van der Waals surface area contributed by atoms with Gasteiger partial charge in [0.1, 0.15) is 6.04 Å². The van der Waals surface area contributed by atoms with Gasteiger partial charge in [-0.3, -0.25) is 9.59 Å². The van der Waals surface area contributed by atoms with Gasteiger partial charge in [-0.2, -0.15) is 0 Å². The number of amides is 2. The van der Waals surface area contributed by atoms with Gasteiger partial charge < -0.3 is 15.5 Å². The number of halogens is 1. The second-order valence-electron chi connectivity index (χ2n) is 7.74. The van der Waals surface area contributed by atoms with Crippen LogP contribution in [0.4, 0.5) is 0 Å². The van der Waals surface area contributed by atoms with Crippen molar-refractivity contribution in [3.63, 3.8) is 0 Å². The predicted octanol–water partition coefficient (Wildman–Crippen LogP) is 2.93. The van der Waals surface area contributed by atoms with Crippen molar-refractivity contribution in [3.05, 3.63) is 0 Å². The maximum Gasteiger partial charge on any atom is 0.243 e. The van der Waals surface area contributed by atoms with Crippen LogP contribution < -0.4 is 10.6 Å². The smallest absolute Gasteiger partial charge is 0.243 e. The molecular weight excluding hydrogens is 370 g/mol. The van der Waals surface area contributed by atoms with E-state index >= 15 is 0 Å². The summed E-state index contributed by atoms with van der Waals surface area (Å²) in [4.78, 5) is 27.0. The van der Waals surface area contributed by atoms with E-state index in [1.165, 1.54) is 38.5 Å². The average molecular weight is 404 g/mol. The molecular formula is C19H34ClN3O2S. The molecule has 3 rings (SSSR count). The molecule has 2 amide bonds.